The second-order valence-electron chi connectivity index (χ2n) is 26.7. The lowest BCUT2D eigenvalue weighted by Crippen LogP contribution is -2.62. The lowest BCUT2D eigenvalue weighted by molar-refractivity contribution is 0.332. The highest BCUT2D eigenvalue weighted by atomic mass is 15.2. The molecule has 0 fully saturated rings. The monoisotopic (exact) mass is 957 g/mol. The minimum atomic E-state index is -0.201. The van der Waals surface area contributed by atoms with E-state index in [2.05, 4.69) is 230 Å². The second-order valence-corrected chi connectivity index (χ2v) is 26.7. The van der Waals surface area contributed by atoms with E-state index < -0.39 is 0 Å². The van der Waals surface area contributed by atoms with Crippen LogP contribution in [0.15, 0.2) is 97.1 Å². The zero-order valence-electron chi connectivity index (χ0n) is 47.0. The highest BCUT2D eigenvalue weighted by Gasteiger charge is 2.48. The number of aryl methyl sites for hydroxylation is 3. The fourth-order valence-corrected chi connectivity index (χ4v) is 12.8. The molecule has 0 saturated heterocycles. The molecular weight excluding hydrogens is 888 g/mol. The van der Waals surface area contributed by atoms with E-state index in [9.17, 15) is 0 Å². The van der Waals surface area contributed by atoms with Gasteiger partial charge >= 0.3 is 0 Å². The lowest BCUT2D eigenvalue weighted by Gasteiger charge is -2.49. The minimum Gasteiger partial charge on any atom is -0.312 e. The van der Waals surface area contributed by atoms with Crippen LogP contribution in [-0.4, -0.2) is 45.4 Å². The molecule has 11 rings (SSSR count). The molecule has 3 nitrogen and oxygen atoms in total. The van der Waals surface area contributed by atoms with Crippen molar-refractivity contribution < 1.29 is 0 Å². The van der Waals surface area contributed by atoms with Crippen LogP contribution >= 0.6 is 0 Å². The van der Waals surface area contributed by atoms with Crippen molar-refractivity contribution in [1.82, 2.24) is 0 Å². The zero-order valence-corrected chi connectivity index (χ0v) is 47.0. The molecule has 361 valence electrons. The van der Waals surface area contributed by atoms with Gasteiger partial charge in [-0.3, -0.25) is 0 Å². The molecule has 0 N–H and O–H groups in total. The van der Waals surface area contributed by atoms with E-state index in [1.165, 1.54) is 78.1 Å². The Morgan fingerprint density at radius 1 is 0.459 bits per heavy atom. The first-order chi connectivity index (χ1) is 34.5. The molecular formula is C65H68B6N3. The molecule has 0 spiro atoms. The summed E-state index contributed by atoms with van der Waals surface area (Å²) >= 11 is 0. The summed E-state index contributed by atoms with van der Waals surface area (Å²) < 4.78 is 0. The van der Waals surface area contributed by atoms with Crippen LogP contribution in [0.2, 0.25) is 0 Å². The largest absolute Gasteiger partial charge is 0.312 e. The van der Waals surface area contributed by atoms with E-state index in [1.807, 2.05) is 0 Å². The van der Waals surface area contributed by atoms with Gasteiger partial charge in [0.25, 0.3) is 6.71 Å². The average Bonchev–Trinajstić information content (AvgIpc) is 3.32. The third-order valence-electron chi connectivity index (χ3n) is 17.4. The van der Waals surface area contributed by atoms with Gasteiger partial charge in [-0.25, -0.2) is 0 Å². The normalized spacial score (nSPS) is 16.2. The quantitative estimate of drug-likeness (QED) is 0.160. The van der Waals surface area contributed by atoms with Gasteiger partial charge in [0.05, 0.1) is 5.69 Å². The van der Waals surface area contributed by atoms with E-state index in [0.717, 1.165) is 46.6 Å². The second kappa shape index (κ2) is 16.7. The Morgan fingerprint density at radius 2 is 0.973 bits per heavy atom. The van der Waals surface area contributed by atoms with Crippen LogP contribution in [0.5, 0.6) is 0 Å². The number of nitrogens with zero attached hydrogens (tertiary/aromatic N) is 3. The maximum absolute atomic E-state index is 7.27. The van der Waals surface area contributed by atoms with E-state index >= 15 is 0 Å². The van der Waals surface area contributed by atoms with Crippen molar-refractivity contribution >= 4 is 146 Å². The summed E-state index contributed by atoms with van der Waals surface area (Å²) in [7, 11) is 30.4. The van der Waals surface area contributed by atoms with Gasteiger partial charge in [-0.2, -0.15) is 0 Å². The Bertz CT molecular complexity index is 3510. The average molecular weight is 956 g/mol. The Hall–Kier alpha value is -5.67. The molecule has 0 amide bonds. The number of benzene rings is 7. The molecule has 74 heavy (non-hydrogen) atoms. The number of fused-ring (bicyclic) bond motifs is 9. The minimum absolute atomic E-state index is 0.00374. The Kier molecular flexibility index (Phi) is 11.4. The first-order valence-electron chi connectivity index (χ1n) is 26.8. The fraction of sp³-hybridized carbons (Fsp3) is 0.354. The molecule has 0 unspecified atom stereocenters. The standard InChI is InChI=1S/C65H68B6N3/c1-35-18-17-19-45-59(35)74-48-32-42(72(41-22-20-38(21-23-41)61(4,5)6)60-55(69)53(67)52(66)54(68)56(60)70-45)24-25-46(48)71-47-33-43-44(65(15,16)27-26-64(43,13)14)34-49(47)73(50-30-40(63(10,11)12)31-51(74)57(50)71)58-36(2)28-39(29-37(58)3)62(7,8)9/h17-25,28-34H,26-27H2,1-16H3. The first kappa shape index (κ1) is 50.5. The maximum Gasteiger partial charge on any atom is 0.252 e. The predicted molar refractivity (Wildman–Crippen MR) is 327 cm³/mol. The predicted octanol–water partition coefficient (Wildman–Crippen LogP) is 9.55. The SMILES string of the molecule is [B]c1c([B])c([B])c2c(c1[B])[B]c1cccc(C)c1N1c3cc(ccc3B3c4cc5c(cc4N(c4c(C)cc(C(C)(C)C)cc4C)c4cc(C(C)(C)C)cc1c43)C(C)(C)CCC5(C)C)N2c1ccc(C(C)(C)C)cc1. The van der Waals surface area contributed by atoms with Gasteiger partial charge in [0.1, 0.15) is 31.4 Å². The van der Waals surface area contributed by atoms with E-state index in [-0.39, 0.29) is 44.7 Å². The van der Waals surface area contributed by atoms with Crippen molar-refractivity contribution in [3.63, 3.8) is 0 Å². The van der Waals surface area contributed by atoms with Gasteiger partial charge in [0.15, 0.2) is 7.28 Å². The molecule has 0 saturated carbocycles. The van der Waals surface area contributed by atoms with Crippen molar-refractivity contribution in [2.75, 3.05) is 14.7 Å². The summed E-state index contributed by atoms with van der Waals surface area (Å²) in [6.45, 7) is 37.4. The molecule has 3 heterocycles. The number of para-hydroxylation sites is 1. The number of hydrogen-bond acceptors (Lipinski definition) is 3. The van der Waals surface area contributed by atoms with Gasteiger partial charge in [-0.15, -0.1) is 16.4 Å². The Balaban J connectivity index is 1.31. The van der Waals surface area contributed by atoms with Gasteiger partial charge in [0, 0.05) is 45.5 Å². The molecule has 7 aromatic rings. The van der Waals surface area contributed by atoms with Crippen molar-refractivity contribution in [3.8, 4) is 0 Å². The van der Waals surface area contributed by atoms with Crippen LogP contribution in [0.3, 0.4) is 0 Å². The molecule has 1 aliphatic carbocycles. The molecule has 3 aliphatic heterocycles. The summed E-state index contributed by atoms with van der Waals surface area (Å²) in [5, 5.41) is 0. The van der Waals surface area contributed by atoms with E-state index in [0.29, 0.717) is 22.1 Å². The van der Waals surface area contributed by atoms with Gasteiger partial charge in [-0.1, -0.05) is 161 Å². The third-order valence-corrected chi connectivity index (χ3v) is 17.4. The topological polar surface area (TPSA) is 9.72 Å². The molecule has 9 radical (unpaired) electrons. The fourth-order valence-electron chi connectivity index (χ4n) is 12.8. The summed E-state index contributed by atoms with van der Waals surface area (Å²) in [6.07, 6.45) is 2.26. The highest BCUT2D eigenvalue weighted by molar-refractivity contribution is 7.00. The summed E-state index contributed by atoms with van der Waals surface area (Å²) in [5.74, 6) is 0. The summed E-state index contributed by atoms with van der Waals surface area (Å²) in [4.78, 5) is 7.50. The number of anilines is 9. The van der Waals surface area contributed by atoms with Crippen molar-refractivity contribution in [2.45, 2.75) is 151 Å². The van der Waals surface area contributed by atoms with Gasteiger partial charge in [-0.05, 0) is 164 Å². The maximum atomic E-state index is 7.27. The molecule has 0 atom stereocenters. The van der Waals surface area contributed by atoms with Crippen LogP contribution in [0.4, 0.5) is 51.2 Å². The molecule has 0 aromatic heterocycles. The van der Waals surface area contributed by atoms with Crippen molar-refractivity contribution in [3.05, 3.63) is 142 Å². The van der Waals surface area contributed by atoms with E-state index in [4.69, 9.17) is 31.4 Å². The molecule has 4 aliphatic rings. The highest BCUT2D eigenvalue weighted by Crippen LogP contribution is 2.53. The third kappa shape index (κ3) is 7.65. The van der Waals surface area contributed by atoms with Gasteiger partial charge < -0.3 is 14.7 Å². The van der Waals surface area contributed by atoms with Crippen LogP contribution in [-0.2, 0) is 27.1 Å². The van der Waals surface area contributed by atoms with Crippen LogP contribution in [0.25, 0.3) is 0 Å². The van der Waals surface area contributed by atoms with Crippen LogP contribution < -0.4 is 63.9 Å². The lowest BCUT2D eigenvalue weighted by atomic mass is 9.33. The number of rotatable bonds is 2. The first-order valence-corrected chi connectivity index (χ1v) is 26.8. The van der Waals surface area contributed by atoms with Crippen LogP contribution in [0, 0.1) is 20.8 Å². The Morgan fingerprint density at radius 3 is 1.55 bits per heavy atom. The molecule has 7 aromatic carbocycles. The van der Waals surface area contributed by atoms with Crippen molar-refractivity contribution in [1.29, 1.82) is 0 Å². The molecule has 2 bridgehead atoms. The summed E-state index contributed by atoms with van der Waals surface area (Å²) in [6, 6.07) is 37.7. The van der Waals surface area contributed by atoms with E-state index in [1.54, 1.807) is 0 Å². The zero-order chi connectivity index (χ0) is 53.3. The Labute approximate surface area is 450 Å². The van der Waals surface area contributed by atoms with Crippen LogP contribution in [0.1, 0.15) is 147 Å². The molecule has 9 heteroatoms. The van der Waals surface area contributed by atoms with Gasteiger partial charge in [0.2, 0.25) is 0 Å². The number of hydrogen-bond donors (Lipinski definition) is 0. The smallest absolute Gasteiger partial charge is 0.252 e. The summed E-state index contributed by atoms with van der Waals surface area (Å²) in [5.41, 5.74) is 26.8. The van der Waals surface area contributed by atoms with Crippen molar-refractivity contribution in [2.24, 2.45) is 0 Å².